The van der Waals surface area contributed by atoms with Crippen molar-refractivity contribution in [1.29, 1.82) is 0 Å². The lowest BCUT2D eigenvalue weighted by molar-refractivity contribution is -0.112. The average molecular weight is 369 g/mol. The minimum Gasteiger partial charge on any atom is -0.504 e. The highest BCUT2D eigenvalue weighted by atomic mass is 16.5. The minimum absolute atomic E-state index is 0.0449. The number of carboxylic acid groups (broad SMARTS) is 1. The number of hydrogen-bond donors (Lipinski definition) is 5. The Labute approximate surface area is 153 Å². The first-order chi connectivity index (χ1) is 12.7. The largest absolute Gasteiger partial charge is 0.504 e. The third-order valence-electron chi connectivity index (χ3n) is 4.02. The molecule has 0 saturated carbocycles. The number of aliphatic hydroxyl groups is 2. The van der Waals surface area contributed by atoms with E-state index in [1.807, 2.05) is 0 Å². The fraction of sp³-hybridized carbons (Fsp3) is 0.0526. The van der Waals surface area contributed by atoms with Gasteiger partial charge in [-0.15, -0.1) is 0 Å². The van der Waals surface area contributed by atoms with Crippen molar-refractivity contribution in [2.45, 2.75) is 5.79 Å². The van der Waals surface area contributed by atoms with Crippen LogP contribution in [0.4, 0.5) is 4.79 Å². The van der Waals surface area contributed by atoms with Gasteiger partial charge in [-0.2, -0.15) is 0 Å². The molecular weight excluding hydrogens is 354 g/mol. The van der Waals surface area contributed by atoms with Crippen molar-refractivity contribution in [1.82, 2.24) is 4.90 Å². The number of ketones is 1. The van der Waals surface area contributed by atoms with E-state index in [1.165, 1.54) is 42.5 Å². The highest BCUT2D eigenvalue weighted by molar-refractivity contribution is 6.10. The van der Waals surface area contributed by atoms with Crippen molar-refractivity contribution in [3.8, 4) is 11.5 Å². The van der Waals surface area contributed by atoms with Crippen molar-refractivity contribution in [2.75, 3.05) is 0 Å². The van der Waals surface area contributed by atoms with Gasteiger partial charge in [0.2, 0.25) is 5.79 Å². The first kappa shape index (κ1) is 18.2. The number of carbonyl (C=O) groups is 2. The van der Waals surface area contributed by atoms with Crippen molar-refractivity contribution in [3.05, 3.63) is 77.2 Å². The molecule has 1 heterocycles. The first-order valence-corrected chi connectivity index (χ1v) is 7.75. The van der Waals surface area contributed by atoms with Crippen LogP contribution in [0.15, 0.2) is 71.6 Å². The van der Waals surface area contributed by atoms with E-state index in [9.17, 15) is 35.1 Å². The van der Waals surface area contributed by atoms with E-state index in [-0.39, 0.29) is 28.3 Å². The zero-order valence-corrected chi connectivity index (χ0v) is 13.8. The number of phenols is 2. The van der Waals surface area contributed by atoms with Crippen LogP contribution < -0.4 is 0 Å². The van der Waals surface area contributed by atoms with Gasteiger partial charge in [0.25, 0.3) is 0 Å². The van der Waals surface area contributed by atoms with Crippen molar-refractivity contribution < 1.29 is 35.1 Å². The van der Waals surface area contributed by atoms with E-state index in [4.69, 9.17) is 0 Å². The van der Waals surface area contributed by atoms with Gasteiger partial charge in [-0.3, -0.25) is 9.69 Å². The number of allylic oxidation sites excluding steroid dienone is 5. The summed E-state index contributed by atoms with van der Waals surface area (Å²) in [6.07, 6.45) is 7.15. The van der Waals surface area contributed by atoms with Crippen LogP contribution in [0.25, 0.3) is 6.08 Å². The molecule has 1 amide bonds. The van der Waals surface area contributed by atoms with E-state index < -0.39 is 17.7 Å². The van der Waals surface area contributed by atoms with E-state index in [2.05, 4.69) is 0 Å². The summed E-state index contributed by atoms with van der Waals surface area (Å²) in [5.74, 6) is -3.78. The Kier molecular flexibility index (Phi) is 4.44. The summed E-state index contributed by atoms with van der Waals surface area (Å²) < 4.78 is 0. The Morgan fingerprint density at radius 1 is 1.11 bits per heavy atom. The smallest absolute Gasteiger partial charge is 0.415 e. The molecule has 0 fully saturated rings. The summed E-state index contributed by atoms with van der Waals surface area (Å²) in [6, 6.07) is 3.97. The molecule has 0 bridgehead atoms. The molecule has 3 rings (SSSR count). The molecule has 2 aliphatic rings. The predicted molar refractivity (Wildman–Crippen MR) is 94.2 cm³/mol. The fourth-order valence-electron chi connectivity index (χ4n) is 2.76. The highest BCUT2D eigenvalue weighted by Crippen LogP contribution is 2.36. The lowest BCUT2D eigenvalue weighted by Crippen LogP contribution is -2.39. The molecule has 8 nitrogen and oxygen atoms in total. The van der Waals surface area contributed by atoms with Crippen LogP contribution in [0, 0.1) is 0 Å². The number of amides is 1. The zero-order valence-electron chi connectivity index (χ0n) is 13.8. The SMILES string of the molecule is O=C(C=Cc1ccc(O)c(O)c1)C1=C2C(=CC=CC2(O)O)N(C(=O)O)C=C1. The maximum Gasteiger partial charge on any atom is 0.415 e. The zero-order chi connectivity index (χ0) is 19.8. The Morgan fingerprint density at radius 3 is 2.52 bits per heavy atom. The van der Waals surface area contributed by atoms with E-state index >= 15 is 0 Å². The second-order valence-electron chi connectivity index (χ2n) is 5.84. The molecule has 1 aromatic carbocycles. The number of nitrogens with zero attached hydrogens (tertiary/aromatic N) is 1. The Balaban J connectivity index is 2.00. The van der Waals surface area contributed by atoms with Crippen LogP contribution in [0.5, 0.6) is 11.5 Å². The van der Waals surface area contributed by atoms with E-state index in [0.29, 0.717) is 5.56 Å². The maximum absolute atomic E-state index is 12.6. The van der Waals surface area contributed by atoms with Gasteiger partial charge in [0.15, 0.2) is 17.3 Å². The van der Waals surface area contributed by atoms with Gasteiger partial charge in [0.1, 0.15) is 0 Å². The standard InChI is InChI=1S/C19H15NO7/c21-14(5-3-11-4-6-15(22)16(23)10-11)12-7-9-20(18(24)25)13-2-1-8-19(26,27)17(12)13/h1-10,22-23,26-27H,(H,24,25). The van der Waals surface area contributed by atoms with Gasteiger partial charge in [-0.1, -0.05) is 18.2 Å². The van der Waals surface area contributed by atoms with E-state index in [1.54, 1.807) is 0 Å². The molecule has 0 radical (unpaired) electrons. The first-order valence-electron chi connectivity index (χ1n) is 7.75. The summed E-state index contributed by atoms with van der Waals surface area (Å²) in [6.45, 7) is 0. The summed E-state index contributed by atoms with van der Waals surface area (Å²) in [5, 5.41) is 48.5. The van der Waals surface area contributed by atoms with Gasteiger partial charge >= 0.3 is 6.09 Å². The second-order valence-corrected chi connectivity index (χ2v) is 5.84. The Bertz CT molecular complexity index is 980. The molecule has 8 heteroatoms. The monoisotopic (exact) mass is 369 g/mol. The van der Waals surface area contributed by atoms with Crippen molar-refractivity contribution in [2.24, 2.45) is 0 Å². The number of hydrogen-bond acceptors (Lipinski definition) is 6. The summed E-state index contributed by atoms with van der Waals surface area (Å²) >= 11 is 0. The number of phenolic OH excluding ortho intramolecular Hbond substituents is 2. The molecule has 27 heavy (non-hydrogen) atoms. The van der Waals surface area contributed by atoms with E-state index in [0.717, 1.165) is 23.3 Å². The lowest BCUT2D eigenvalue weighted by Gasteiger charge is -2.33. The predicted octanol–water partition coefficient (Wildman–Crippen LogP) is 1.62. The quantitative estimate of drug-likeness (QED) is 0.310. The van der Waals surface area contributed by atoms with Gasteiger partial charge in [0.05, 0.1) is 11.3 Å². The van der Waals surface area contributed by atoms with Crippen molar-refractivity contribution >= 4 is 18.0 Å². The average Bonchev–Trinajstić information content (AvgIpc) is 2.61. The summed E-state index contributed by atoms with van der Waals surface area (Å²) in [4.78, 5) is 24.7. The Hall–Kier alpha value is -3.62. The third kappa shape index (κ3) is 3.39. The lowest BCUT2D eigenvalue weighted by atomic mass is 9.87. The summed E-state index contributed by atoms with van der Waals surface area (Å²) in [7, 11) is 0. The Morgan fingerprint density at radius 2 is 1.85 bits per heavy atom. The van der Waals surface area contributed by atoms with Crippen LogP contribution in [-0.2, 0) is 4.79 Å². The molecule has 0 aromatic heterocycles. The van der Waals surface area contributed by atoms with Crippen LogP contribution in [0.1, 0.15) is 5.56 Å². The topological polar surface area (TPSA) is 139 Å². The number of benzene rings is 1. The van der Waals surface area contributed by atoms with Crippen LogP contribution in [-0.4, -0.2) is 48.1 Å². The normalized spacial score (nSPS) is 17.9. The molecule has 5 N–H and O–H groups in total. The maximum atomic E-state index is 12.6. The van der Waals surface area contributed by atoms with Gasteiger partial charge in [-0.05, 0) is 42.0 Å². The number of rotatable bonds is 3. The van der Waals surface area contributed by atoms with Crippen LogP contribution in [0.2, 0.25) is 0 Å². The molecule has 0 saturated heterocycles. The van der Waals surface area contributed by atoms with Crippen LogP contribution >= 0.6 is 0 Å². The van der Waals surface area contributed by atoms with Crippen molar-refractivity contribution in [3.63, 3.8) is 0 Å². The molecule has 1 aliphatic heterocycles. The number of aromatic hydroxyl groups is 2. The van der Waals surface area contributed by atoms with Gasteiger partial charge < -0.3 is 25.5 Å². The molecule has 0 unspecified atom stereocenters. The molecule has 1 aromatic rings. The molecule has 0 atom stereocenters. The molecular formula is C19H15NO7. The number of carbonyl (C=O) groups excluding carboxylic acids is 1. The minimum atomic E-state index is -2.52. The second kappa shape index (κ2) is 6.60. The summed E-state index contributed by atoms with van der Waals surface area (Å²) in [5.41, 5.74) is 0.0387. The van der Waals surface area contributed by atoms with Crippen LogP contribution in [0.3, 0.4) is 0 Å². The molecule has 0 spiro atoms. The molecule has 138 valence electrons. The fourth-order valence-corrected chi connectivity index (χ4v) is 2.76. The molecule has 1 aliphatic carbocycles. The third-order valence-corrected chi connectivity index (χ3v) is 4.02. The van der Waals surface area contributed by atoms with Gasteiger partial charge in [0, 0.05) is 11.8 Å². The highest BCUT2D eigenvalue weighted by Gasteiger charge is 2.39. The number of fused-ring (bicyclic) bond motifs is 1. The van der Waals surface area contributed by atoms with Gasteiger partial charge in [-0.25, -0.2) is 4.79 Å².